The second-order valence-corrected chi connectivity index (χ2v) is 15.5. The molecule has 10 aromatic rings. The third-order valence-corrected chi connectivity index (χ3v) is 12.8. The summed E-state index contributed by atoms with van der Waals surface area (Å²) in [7, 11) is 0. The lowest BCUT2D eigenvalue weighted by atomic mass is 9.73. The Labute approximate surface area is 330 Å². The van der Waals surface area contributed by atoms with E-state index in [0.717, 1.165) is 44.6 Å². The molecular formula is C55H33NO. The van der Waals surface area contributed by atoms with Gasteiger partial charge in [0, 0.05) is 16.6 Å². The van der Waals surface area contributed by atoms with Crippen LogP contribution >= 0.6 is 0 Å². The minimum absolute atomic E-state index is 0.302. The number of hydrogen-bond acceptors (Lipinski definition) is 2. The van der Waals surface area contributed by atoms with Crippen LogP contribution in [0.2, 0.25) is 0 Å². The molecule has 0 radical (unpaired) electrons. The Balaban J connectivity index is 0.997. The molecule has 0 bridgehead atoms. The molecule has 1 heterocycles. The van der Waals surface area contributed by atoms with Gasteiger partial charge in [0.2, 0.25) is 0 Å². The van der Waals surface area contributed by atoms with Gasteiger partial charge in [0.1, 0.15) is 11.2 Å². The molecule has 3 aliphatic rings. The van der Waals surface area contributed by atoms with Gasteiger partial charge in [-0.15, -0.1) is 0 Å². The van der Waals surface area contributed by atoms with Crippen molar-refractivity contribution in [3.63, 3.8) is 0 Å². The van der Waals surface area contributed by atoms with Gasteiger partial charge >= 0.3 is 0 Å². The number of fused-ring (bicyclic) bond motifs is 8. The first-order valence-corrected chi connectivity index (χ1v) is 19.8. The van der Waals surface area contributed by atoms with E-state index in [1.54, 1.807) is 0 Å². The molecule has 0 amide bonds. The van der Waals surface area contributed by atoms with Crippen LogP contribution < -0.4 is 4.90 Å². The number of nitrogens with zero attached hydrogens (tertiary/aromatic N) is 1. The smallest absolute Gasteiger partial charge is 0.137 e. The summed E-state index contributed by atoms with van der Waals surface area (Å²) in [6.07, 6.45) is 0. The molecule has 13 rings (SSSR count). The van der Waals surface area contributed by atoms with E-state index in [2.05, 4.69) is 199 Å². The van der Waals surface area contributed by atoms with Crippen LogP contribution in [0.1, 0.15) is 22.3 Å². The molecular weight excluding hydrogens is 691 g/mol. The molecule has 0 fully saturated rings. The summed E-state index contributed by atoms with van der Waals surface area (Å²) in [5.41, 5.74) is 23.3. The Hall–Kier alpha value is -7.42. The maximum absolute atomic E-state index is 6.43. The van der Waals surface area contributed by atoms with Gasteiger partial charge in [-0.05, 0) is 115 Å². The van der Waals surface area contributed by atoms with Gasteiger partial charge in [-0.1, -0.05) is 158 Å². The molecule has 1 unspecified atom stereocenters. The van der Waals surface area contributed by atoms with Gasteiger partial charge in [-0.25, -0.2) is 0 Å². The van der Waals surface area contributed by atoms with Gasteiger partial charge in [-0.3, -0.25) is 0 Å². The van der Waals surface area contributed by atoms with Crippen molar-refractivity contribution >= 4 is 39.0 Å². The maximum atomic E-state index is 6.43. The van der Waals surface area contributed by atoms with Crippen molar-refractivity contribution in [2.45, 2.75) is 5.41 Å². The molecule has 0 saturated carbocycles. The second-order valence-electron chi connectivity index (χ2n) is 15.5. The molecule has 0 saturated heterocycles. The van der Waals surface area contributed by atoms with Crippen molar-refractivity contribution in [2.75, 3.05) is 4.90 Å². The zero-order valence-electron chi connectivity index (χ0n) is 30.9. The van der Waals surface area contributed by atoms with Crippen LogP contribution in [-0.2, 0) is 5.41 Å². The van der Waals surface area contributed by atoms with E-state index in [-0.39, 0.29) is 5.41 Å². The van der Waals surface area contributed by atoms with Gasteiger partial charge in [0.25, 0.3) is 0 Å². The summed E-state index contributed by atoms with van der Waals surface area (Å²) in [6.45, 7) is 0. The summed E-state index contributed by atoms with van der Waals surface area (Å²) >= 11 is 0. The van der Waals surface area contributed by atoms with E-state index in [1.807, 2.05) is 6.07 Å². The molecule has 1 aromatic heterocycles. The standard InChI is InChI=1S/C55H33NO/c1-2-13-35(14-3-1)38-15-5-8-23-48(38)56(49-24-12-26-51-52(49)45-17-6-9-25-50(45)57-51)37-30-27-34(28-31-37)36-29-32-40-42-19-11-21-44-43-20-10-18-41-39-16-4-7-22-46(39)55(53(41)43,54(42)44)47(40)33-36/h1-33H. The van der Waals surface area contributed by atoms with Gasteiger partial charge < -0.3 is 9.32 Å². The van der Waals surface area contributed by atoms with Crippen molar-refractivity contribution in [1.82, 2.24) is 0 Å². The molecule has 2 heteroatoms. The van der Waals surface area contributed by atoms with Crippen molar-refractivity contribution in [2.24, 2.45) is 0 Å². The van der Waals surface area contributed by atoms with Crippen LogP contribution in [0.15, 0.2) is 205 Å². The summed E-state index contributed by atoms with van der Waals surface area (Å²) in [6, 6.07) is 73.4. The fraction of sp³-hybridized carbons (Fsp3) is 0.0182. The molecule has 1 spiro atoms. The van der Waals surface area contributed by atoms with E-state index in [9.17, 15) is 0 Å². The zero-order chi connectivity index (χ0) is 37.2. The number of para-hydroxylation sites is 2. The summed E-state index contributed by atoms with van der Waals surface area (Å²) in [4.78, 5) is 2.41. The van der Waals surface area contributed by atoms with E-state index in [1.165, 1.54) is 72.3 Å². The quantitative estimate of drug-likeness (QED) is 0.176. The topological polar surface area (TPSA) is 16.4 Å². The molecule has 57 heavy (non-hydrogen) atoms. The molecule has 1 atom stereocenters. The highest BCUT2D eigenvalue weighted by atomic mass is 16.3. The van der Waals surface area contributed by atoms with Crippen LogP contribution in [0.3, 0.4) is 0 Å². The predicted octanol–water partition coefficient (Wildman–Crippen LogP) is 14.7. The third kappa shape index (κ3) is 3.99. The highest BCUT2D eigenvalue weighted by molar-refractivity contribution is 6.14. The Morgan fingerprint density at radius 1 is 0.351 bits per heavy atom. The Bertz CT molecular complexity index is 3260. The van der Waals surface area contributed by atoms with Crippen molar-refractivity contribution < 1.29 is 4.42 Å². The first kappa shape index (κ1) is 30.9. The minimum Gasteiger partial charge on any atom is -0.456 e. The molecule has 9 aromatic carbocycles. The SMILES string of the molecule is c1ccc(-c2ccccc2N(c2ccc(-c3ccc4c(c3)C35c6ccccc6-c6cccc(c63)-c3cccc-4c35)cc2)c2cccc3oc4ccccc4c23)cc1. The van der Waals surface area contributed by atoms with Crippen LogP contribution in [-0.4, -0.2) is 0 Å². The van der Waals surface area contributed by atoms with Crippen molar-refractivity contribution in [3.05, 3.63) is 222 Å². The lowest BCUT2D eigenvalue weighted by molar-refractivity contribution is 0.669. The van der Waals surface area contributed by atoms with Crippen molar-refractivity contribution in [3.8, 4) is 55.6 Å². The van der Waals surface area contributed by atoms with Crippen LogP contribution in [0.25, 0.3) is 77.6 Å². The van der Waals surface area contributed by atoms with E-state index >= 15 is 0 Å². The minimum atomic E-state index is -0.302. The van der Waals surface area contributed by atoms with Gasteiger partial charge in [-0.2, -0.15) is 0 Å². The average Bonchev–Trinajstić information content (AvgIpc) is 3.99. The lowest BCUT2D eigenvalue weighted by Crippen LogP contribution is -2.23. The monoisotopic (exact) mass is 723 g/mol. The number of anilines is 3. The number of hydrogen-bond donors (Lipinski definition) is 0. The third-order valence-electron chi connectivity index (χ3n) is 12.8. The lowest BCUT2D eigenvalue weighted by Gasteiger charge is -2.29. The fourth-order valence-corrected chi connectivity index (χ4v) is 10.6. The van der Waals surface area contributed by atoms with Gasteiger partial charge in [0.15, 0.2) is 0 Å². The summed E-state index contributed by atoms with van der Waals surface area (Å²) in [5.74, 6) is 0. The largest absolute Gasteiger partial charge is 0.456 e. The average molecular weight is 724 g/mol. The Morgan fingerprint density at radius 3 is 1.70 bits per heavy atom. The van der Waals surface area contributed by atoms with E-state index in [0.29, 0.717) is 0 Å². The van der Waals surface area contributed by atoms with Crippen LogP contribution in [0, 0.1) is 0 Å². The molecule has 0 aliphatic heterocycles. The molecule has 2 nitrogen and oxygen atoms in total. The Kier molecular flexibility index (Phi) is 6.13. The first-order chi connectivity index (χ1) is 28.3. The number of benzene rings is 9. The normalized spacial score (nSPS) is 15.1. The van der Waals surface area contributed by atoms with Crippen LogP contribution in [0.4, 0.5) is 17.1 Å². The molecule has 3 aliphatic carbocycles. The number of furan rings is 1. The zero-order valence-corrected chi connectivity index (χ0v) is 30.9. The first-order valence-electron chi connectivity index (χ1n) is 19.8. The highest BCUT2D eigenvalue weighted by Crippen LogP contribution is 2.70. The predicted molar refractivity (Wildman–Crippen MR) is 235 cm³/mol. The second kappa shape index (κ2) is 11.3. The van der Waals surface area contributed by atoms with Gasteiger partial charge in [0.05, 0.1) is 22.2 Å². The summed E-state index contributed by atoms with van der Waals surface area (Å²) < 4.78 is 6.43. The van der Waals surface area contributed by atoms with Crippen molar-refractivity contribution in [1.29, 1.82) is 0 Å². The fourth-order valence-electron chi connectivity index (χ4n) is 10.6. The Morgan fingerprint density at radius 2 is 0.912 bits per heavy atom. The molecule has 264 valence electrons. The number of rotatable bonds is 5. The van der Waals surface area contributed by atoms with E-state index < -0.39 is 0 Å². The maximum Gasteiger partial charge on any atom is 0.137 e. The van der Waals surface area contributed by atoms with E-state index in [4.69, 9.17) is 4.42 Å². The summed E-state index contributed by atoms with van der Waals surface area (Å²) in [5, 5.41) is 2.21. The van der Waals surface area contributed by atoms with Crippen LogP contribution in [0.5, 0.6) is 0 Å². The molecule has 0 N–H and O–H groups in total. The highest BCUT2D eigenvalue weighted by Gasteiger charge is 2.57.